The highest BCUT2D eigenvalue weighted by Crippen LogP contribution is 2.31. The Morgan fingerprint density at radius 1 is 1.38 bits per heavy atom. The van der Waals surface area contributed by atoms with Gasteiger partial charge < -0.3 is 9.84 Å². The summed E-state index contributed by atoms with van der Waals surface area (Å²) >= 11 is 0. The van der Waals surface area contributed by atoms with Crippen LogP contribution in [-0.4, -0.2) is 31.0 Å². The van der Waals surface area contributed by atoms with E-state index in [1.807, 2.05) is 22.9 Å². The SMILES string of the molecule is CC(=O)NCc1nc(-c2ccc3c(c2)nnn3C2CCCC2)no1. The molecule has 1 aliphatic rings. The lowest BCUT2D eigenvalue weighted by molar-refractivity contribution is -0.119. The van der Waals surface area contributed by atoms with Crippen LogP contribution in [0.5, 0.6) is 0 Å². The van der Waals surface area contributed by atoms with Crippen LogP contribution in [0, 0.1) is 0 Å². The highest BCUT2D eigenvalue weighted by atomic mass is 16.5. The van der Waals surface area contributed by atoms with Crippen molar-refractivity contribution in [3.8, 4) is 11.4 Å². The van der Waals surface area contributed by atoms with E-state index in [1.165, 1.54) is 19.8 Å². The third kappa shape index (κ3) is 2.75. The predicted molar refractivity (Wildman–Crippen MR) is 85.8 cm³/mol. The molecule has 0 spiro atoms. The van der Waals surface area contributed by atoms with Crippen LogP contribution in [0.2, 0.25) is 0 Å². The number of carbonyl (C=O) groups is 1. The molecule has 1 N–H and O–H groups in total. The van der Waals surface area contributed by atoms with Gasteiger partial charge in [0.2, 0.25) is 17.6 Å². The Hall–Kier alpha value is -2.77. The average molecular weight is 326 g/mol. The molecule has 0 bridgehead atoms. The molecule has 0 aliphatic heterocycles. The Morgan fingerprint density at radius 2 is 2.21 bits per heavy atom. The maximum Gasteiger partial charge on any atom is 0.246 e. The van der Waals surface area contributed by atoms with Crippen molar-refractivity contribution in [3.05, 3.63) is 24.1 Å². The number of aromatic nitrogens is 5. The van der Waals surface area contributed by atoms with Gasteiger partial charge in [0.25, 0.3) is 0 Å². The summed E-state index contributed by atoms with van der Waals surface area (Å²) in [6.07, 6.45) is 4.84. The molecule has 24 heavy (non-hydrogen) atoms. The molecule has 2 heterocycles. The second kappa shape index (κ2) is 6.03. The Morgan fingerprint density at radius 3 is 3.00 bits per heavy atom. The predicted octanol–water partition coefficient (Wildman–Crippen LogP) is 2.23. The monoisotopic (exact) mass is 326 g/mol. The van der Waals surface area contributed by atoms with E-state index in [0.29, 0.717) is 17.8 Å². The molecular formula is C16H18N6O2. The van der Waals surface area contributed by atoms with Crippen LogP contribution in [0.4, 0.5) is 0 Å². The van der Waals surface area contributed by atoms with E-state index in [9.17, 15) is 4.79 Å². The van der Waals surface area contributed by atoms with Crippen LogP contribution in [0.1, 0.15) is 44.5 Å². The van der Waals surface area contributed by atoms with Gasteiger partial charge in [0.15, 0.2) is 0 Å². The first kappa shape index (κ1) is 14.8. The molecule has 3 aromatic rings. The summed E-state index contributed by atoms with van der Waals surface area (Å²) in [4.78, 5) is 15.2. The molecule has 2 aromatic heterocycles. The molecule has 0 saturated heterocycles. The summed E-state index contributed by atoms with van der Waals surface area (Å²) in [5, 5.41) is 15.2. The summed E-state index contributed by atoms with van der Waals surface area (Å²) in [6, 6.07) is 6.33. The standard InChI is InChI=1S/C16H18N6O2/c1-10(23)17-9-15-18-16(20-24-15)11-6-7-14-13(8-11)19-21-22(14)12-4-2-3-5-12/h6-8,12H,2-5,9H2,1H3,(H,17,23). The van der Waals surface area contributed by atoms with Gasteiger partial charge in [0.05, 0.1) is 18.1 Å². The second-order valence-electron chi connectivity index (χ2n) is 6.10. The van der Waals surface area contributed by atoms with E-state index in [4.69, 9.17) is 4.52 Å². The molecule has 1 aromatic carbocycles. The van der Waals surface area contributed by atoms with Crippen molar-refractivity contribution in [2.75, 3.05) is 0 Å². The molecule has 1 saturated carbocycles. The van der Waals surface area contributed by atoms with Crippen LogP contribution in [0.3, 0.4) is 0 Å². The fourth-order valence-electron chi connectivity index (χ4n) is 3.14. The first-order chi connectivity index (χ1) is 11.7. The lowest BCUT2D eigenvalue weighted by Gasteiger charge is -2.09. The van der Waals surface area contributed by atoms with E-state index < -0.39 is 0 Å². The van der Waals surface area contributed by atoms with Crippen molar-refractivity contribution in [2.24, 2.45) is 0 Å². The van der Waals surface area contributed by atoms with E-state index in [2.05, 4.69) is 25.8 Å². The van der Waals surface area contributed by atoms with Crippen LogP contribution >= 0.6 is 0 Å². The van der Waals surface area contributed by atoms with Gasteiger partial charge in [-0.1, -0.05) is 23.2 Å². The lowest BCUT2D eigenvalue weighted by Crippen LogP contribution is -2.18. The smallest absolute Gasteiger partial charge is 0.246 e. The van der Waals surface area contributed by atoms with Gasteiger partial charge in [-0.3, -0.25) is 4.79 Å². The van der Waals surface area contributed by atoms with Gasteiger partial charge in [-0.15, -0.1) is 5.10 Å². The number of rotatable bonds is 4. The van der Waals surface area contributed by atoms with Crippen LogP contribution in [0.15, 0.2) is 22.7 Å². The van der Waals surface area contributed by atoms with E-state index in [1.54, 1.807) is 0 Å². The fourth-order valence-corrected chi connectivity index (χ4v) is 3.14. The maximum atomic E-state index is 10.9. The lowest BCUT2D eigenvalue weighted by atomic mass is 10.1. The number of nitrogens with zero attached hydrogens (tertiary/aromatic N) is 5. The number of fused-ring (bicyclic) bond motifs is 1. The summed E-state index contributed by atoms with van der Waals surface area (Å²) < 4.78 is 7.18. The Balaban J connectivity index is 1.60. The summed E-state index contributed by atoms with van der Waals surface area (Å²) in [5.41, 5.74) is 2.68. The first-order valence-corrected chi connectivity index (χ1v) is 8.13. The van der Waals surface area contributed by atoms with Gasteiger partial charge in [-0.25, -0.2) is 4.68 Å². The third-order valence-corrected chi connectivity index (χ3v) is 4.36. The number of benzene rings is 1. The minimum absolute atomic E-state index is 0.139. The van der Waals surface area contributed by atoms with Gasteiger partial charge >= 0.3 is 0 Å². The van der Waals surface area contributed by atoms with E-state index >= 15 is 0 Å². The minimum Gasteiger partial charge on any atom is -0.347 e. The summed E-state index contributed by atoms with van der Waals surface area (Å²) in [6.45, 7) is 1.67. The Kier molecular flexibility index (Phi) is 3.72. The Bertz CT molecular complexity index is 878. The van der Waals surface area contributed by atoms with Crippen molar-refractivity contribution in [1.29, 1.82) is 0 Å². The van der Waals surface area contributed by atoms with Crippen molar-refractivity contribution in [1.82, 2.24) is 30.5 Å². The highest BCUT2D eigenvalue weighted by Gasteiger charge is 2.20. The number of nitrogens with one attached hydrogen (secondary N) is 1. The van der Waals surface area contributed by atoms with Crippen molar-refractivity contribution >= 4 is 16.9 Å². The molecule has 1 fully saturated rings. The fraction of sp³-hybridized carbons (Fsp3) is 0.438. The third-order valence-electron chi connectivity index (χ3n) is 4.36. The maximum absolute atomic E-state index is 10.9. The zero-order chi connectivity index (χ0) is 16.5. The van der Waals surface area contributed by atoms with Crippen molar-refractivity contribution in [3.63, 3.8) is 0 Å². The van der Waals surface area contributed by atoms with Crippen LogP contribution < -0.4 is 5.32 Å². The normalized spacial score (nSPS) is 15.2. The molecule has 124 valence electrons. The molecule has 0 radical (unpaired) electrons. The molecule has 1 amide bonds. The number of hydrogen-bond donors (Lipinski definition) is 1. The average Bonchev–Trinajstić information content (AvgIpc) is 3.31. The summed E-state index contributed by atoms with van der Waals surface area (Å²) in [7, 11) is 0. The number of hydrogen-bond acceptors (Lipinski definition) is 6. The van der Waals surface area contributed by atoms with E-state index in [0.717, 1.165) is 29.4 Å². The minimum atomic E-state index is -0.139. The zero-order valence-corrected chi connectivity index (χ0v) is 13.4. The molecule has 1 aliphatic carbocycles. The molecule has 8 heteroatoms. The van der Waals surface area contributed by atoms with Gasteiger partial charge in [0.1, 0.15) is 5.52 Å². The molecule has 0 unspecified atom stereocenters. The van der Waals surface area contributed by atoms with Gasteiger partial charge in [-0.2, -0.15) is 4.98 Å². The summed E-state index contributed by atoms with van der Waals surface area (Å²) in [5.74, 6) is 0.710. The zero-order valence-electron chi connectivity index (χ0n) is 13.4. The van der Waals surface area contributed by atoms with E-state index in [-0.39, 0.29) is 12.5 Å². The topological polar surface area (TPSA) is 98.7 Å². The quantitative estimate of drug-likeness (QED) is 0.789. The molecular weight excluding hydrogens is 308 g/mol. The Labute approximate surface area is 138 Å². The van der Waals surface area contributed by atoms with Gasteiger partial charge in [0, 0.05) is 12.5 Å². The molecule has 4 rings (SSSR count). The van der Waals surface area contributed by atoms with Crippen molar-refractivity contribution in [2.45, 2.75) is 45.2 Å². The van der Waals surface area contributed by atoms with Crippen LogP contribution in [0.25, 0.3) is 22.4 Å². The number of amides is 1. The molecule has 0 atom stereocenters. The highest BCUT2D eigenvalue weighted by molar-refractivity contribution is 5.80. The van der Waals surface area contributed by atoms with Crippen molar-refractivity contribution < 1.29 is 9.32 Å². The number of carbonyl (C=O) groups excluding carboxylic acids is 1. The first-order valence-electron chi connectivity index (χ1n) is 8.13. The molecule has 8 nitrogen and oxygen atoms in total. The van der Waals surface area contributed by atoms with Gasteiger partial charge in [-0.05, 0) is 31.0 Å². The largest absolute Gasteiger partial charge is 0.347 e. The second-order valence-corrected chi connectivity index (χ2v) is 6.10. The van der Waals surface area contributed by atoms with Crippen LogP contribution in [-0.2, 0) is 11.3 Å².